The fourth-order valence-corrected chi connectivity index (χ4v) is 7.44. The van der Waals surface area contributed by atoms with Crippen LogP contribution < -0.4 is 0 Å². The van der Waals surface area contributed by atoms with Crippen molar-refractivity contribution in [2.24, 2.45) is 0 Å². The van der Waals surface area contributed by atoms with Gasteiger partial charge in [0.2, 0.25) is 0 Å². The first-order valence-corrected chi connectivity index (χ1v) is 27.1. The van der Waals surface area contributed by atoms with Crippen molar-refractivity contribution in [3.05, 3.63) is 85.1 Å². The van der Waals surface area contributed by atoms with Crippen LogP contribution in [0.1, 0.15) is 252 Å². The van der Waals surface area contributed by atoms with Crippen molar-refractivity contribution in [3.63, 3.8) is 0 Å². The van der Waals surface area contributed by atoms with Gasteiger partial charge < -0.3 is 14.2 Å². The summed E-state index contributed by atoms with van der Waals surface area (Å²) in [5.74, 6) is -0.543. The van der Waals surface area contributed by atoms with Crippen molar-refractivity contribution >= 4 is 11.9 Å². The summed E-state index contributed by atoms with van der Waals surface area (Å²) in [6.07, 6.45) is 71.9. The van der Waals surface area contributed by atoms with Crippen molar-refractivity contribution in [2.45, 2.75) is 258 Å². The van der Waals surface area contributed by atoms with E-state index in [9.17, 15) is 9.59 Å². The first-order chi connectivity index (χ1) is 31.6. The summed E-state index contributed by atoms with van der Waals surface area (Å²) in [7, 11) is 0. The van der Waals surface area contributed by atoms with Crippen LogP contribution in [0.25, 0.3) is 0 Å². The Balaban J connectivity index is 4.35. The van der Waals surface area contributed by atoms with E-state index in [4.69, 9.17) is 14.2 Å². The average Bonchev–Trinajstić information content (AvgIpc) is 3.30. The van der Waals surface area contributed by atoms with Crippen LogP contribution in [0.15, 0.2) is 85.1 Å². The molecule has 0 bridgehead atoms. The molecule has 0 aliphatic heterocycles. The van der Waals surface area contributed by atoms with Gasteiger partial charge in [0.25, 0.3) is 0 Å². The van der Waals surface area contributed by atoms with Crippen LogP contribution in [-0.4, -0.2) is 37.9 Å². The first-order valence-electron chi connectivity index (χ1n) is 27.1. The van der Waals surface area contributed by atoms with Crippen molar-refractivity contribution in [1.82, 2.24) is 0 Å². The Bertz CT molecular complexity index is 1190. The zero-order valence-electron chi connectivity index (χ0n) is 42.3. The zero-order chi connectivity index (χ0) is 46.3. The summed E-state index contributed by atoms with van der Waals surface area (Å²) < 4.78 is 17.3. The first kappa shape index (κ1) is 61.1. The Morgan fingerprint density at radius 2 is 0.750 bits per heavy atom. The molecule has 0 aromatic rings. The third-order valence-electron chi connectivity index (χ3n) is 11.4. The Morgan fingerprint density at radius 3 is 1.23 bits per heavy atom. The van der Waals surface area contributed by atoms with Gasteiger partial charge >= 0.3 is 11.9 Å². The summed E-state index contributed by atoms with van der Waals surface area (Å²) in [5, 5.41) is 0. The number of carbonyl (C=O) groups is 2. The molecule has 1 atom stereocenters. The third-order valence-corrected chi connectivity index (χ3v) is 11.4. The molecule has 0 fully saturated rings. The van der Waals surface area contributed by atoms with E-state index in [1.54, 1.807) is 0 Å². The van der Waals surface area contributed by atoms with Crippen LogP contribution >= 0.6 is 0 Å². The lowest BCUT2D eigenvalue weighted by atomic mass is 10.0. The Morgan fingerprint density at radius 1 is 0.375 bits per heavy atom. The Labute approximate surface area is 397 Å². The van der Waals surface area contributed by atoms with Crippen LogP contribution in [0.4, 0.5) is 0 Å². The topological polar surface area (TPSA) is 61.8 Å². The second-order valence-electron chi connectivity index (χ2n) is 17.8. The molecule has 0 saturated carbocycles. The Hall–Kier alpha value is -2.92. The van der Waals surface area contributed by atoms with E-state index < -0.39 is 6.10 Å². The summed E-state index contributed by atoms with van der Waals surface area (Å²) >= 11 is 0. The quantitative estimate of drug-likeness (QED) is 0.0346. The van der Waals surface area contributed by atoms with Gasteiger partial charge in [0, 0.05) is 13.0 Å². The van der Waals surface area contributed by atoms with Gasteiger partial charge in [-0.2, -0.15) is 0 Å². The molecule has 0 aliphatic carbocycles. The number of rotatable bonds is 49. The number of esters is 2. The molecular formula is C59H102O5. The maximum Gasteiger partial charge on any atom is 0.310 e. The fraction of sp³-hybridized carbons (Fsp3) is 0.729. The van der Waals surface area contributed by atoms with Gasteiger partial charge in [0.1, 0.15) is 6.61 Å². The molecule has 0 heterocycles. The van der Waals surface area contributed by atoms with E-state index in [-0.39, 0.29) is 31.6 Å². The van der Waals surface area contributed by atoms with Crippen molar-refractivity contribution < 1.29 is 23.8 Å². The SMILES string of the molecule is CC/C=C\C/C=C\C/C=C\C/C=C\C/C=C\CC(=O)OC(COCCCCCCCCCCCCCCCC)COC(=O)CCCCCCCCCCC/C=C\C/C=C\CCCCC. The molecule has 0 aromatic carbocycles. The van der Waals surface area contributed by atoms with Gasteiger partial charge in [-0.1, -0.05) is 247 Å². The average molecular weight is 891 g/mol. The number of hydrogen-bond donors (Lipinski definition) is 0. The maximum absolute atomic E-state index is 12.8. The van der Waals surface area contributed by atoms with Crippen molar-refractivity contribution in [2.75, 3.05) is 19.8 Å². The molecule has 0 radical (unpaired) electrons. The standard InChI is InChI=1S/C59H102O5/c1-4-7-10-13-16-19-22-25-28-29-30-31-33-34-37-40-43-46-49-52-58(60)63-56-57(55-62-54-51-48-45-42-39-36-27-24-21-18-15-12-9-6-3)64-59(61)53-50-47-44-41-38-35-32-26-23-20-17-14-11-8-5-2/h8,11,16-17,19-20,25-26,28,32,38,41,47,50,57H,4-7,9-10,12-15,18,21-24,27,29-31,33-37,39-40,42-46,48-49,51-56H2,1-3H3/b11-8-,19-16-,20-17-,28-25-,32-26-,41-38-,50-47-. The molecule has 0 amide bonds. The van der Waals surface area contributed by atoms with E-state index in [0.29, 0.717) is 13.0 Å². The lowest BCUT2D eigenvalue weighted by molar-refractivity contribution is -0.162. The second kappa shape index (κ2) is 54.4. The van der Waals surface area contributed by atoms with Gasteiger partial charge in [-0.3, -0.25) is 9.59 Å². The number of allylic oxidation sites excluding steroid dienone is 13. The minimum absolute atomic E-state index is 0.0426. The van der Waals surface area contributed by atoms with Crippen LogP contribution in [0.5, 0.6) is 0 Å². The third kappa shape index (κ3) is 51.7. The molecule has 1 unspecified atom stereocenters. The summed E-state index contributed by atoms with van der Waals surface area (Å²) in [6.45, 7) is 7.60. The molecule has 0 saturated heterocycles. The van der Waals surface area contributed by atoms with Gasteiger partial charge in [0.05, 0.1) is 13.0 Å². The zero-order valence-corrected chi connectivity index (χ0v) is 42.3. The predicted octanol–water partition coefficient (Wildman–Crippen LogP) is 18.5. The summed E-state index contributed by atoms with van der Waals surface area (Å²) in [4.78, 5) is 25.4. The molecule has 0 aliphatic rings. The lowest BCUT2D eigenvalue weighted by Gasteiger charge is -2.18. The second-order valence-corrected chi connectivity index (χ2v) is 17.8. The molecule has 64 heavy (non-hydrogen) atoms. The van der Waals surface area contributed by atoms with Crippen LogP contribution in [0, 0.1) is 0 Å². The molecular weight excluding hydrogens is 789 g/mol. The number of carbonyl (C=O) groups excluding carboxylic acids is 2. The molecule has 5 nitrogen and oxygen atoms in total. The van der Waals surface area contributed by atoms with E-state index in [2.05, 4.69) is 93.7 Å². The molecule has 0 rings (SSSR count). The van der Waals surface area contributed by atoms with E-state index >= 15 is 0 Å². The number of ether oxygens (including phenoxy) is 3. The fourth-order valence-electron chi connectivity index (χ4n) is 7.44. The van der Waals surface area contributed by atoms with Gasteiger partial charge in [-0.05, 0) is 77.0 Å². The molecule has 368 valence electrons. The molecule has 0 N–H and O–H groups in total. The highest BCUT2D eigenvalue weighted by atomic mass is 16.6. The highest BCUT2D eigenvalue weighted by Crippen LogP contribution is 2.15. The van der Waals surface area contributed by atoms with E-state index in [1.165, 1.54) is 148 Å². The molecule has 0 spiro atoms. The number of hydrogen-bond acceptors (Lipinski definition) is 5. The van der Waals surface area contributed by atoms with Gasteiger partial charge in [-0.25, -0.2) is 0 Å². The van der Waals surface area contributed by atoms with E-state index in [1.807, 2.05) is 12.2 Å². The normalized spacial score (nSPS) is 12.9. The monoisotopic (exact) mass is 891 g/mol. The summed E-state index contributed by atoms with van der Waals surface area (Å²) in [5.41, 5.74) is 0. The van der Waals surface area contributed by atoms with Crippen molar-refractivity contribution in [3.8, 4) is 0 Å². The van der Waals surface area contributed by atoms with Gasteiger partial charge in [0.15, 0.2) is 6.10 Å². The summed E-state index contributed by atoms with van der Waals surface area (Å²) in [6, 6.07) is 0. The molecule has 0 aromatic heterocycles. The van der Waals surface area contributed by atoms with Crippen molar-refractivity contribution in [1.29, 1.82) is 0 Å². The predicted molar refractivity (Wildman–Crippen MR) is 279 cm³/mol. The lowest BCUT2D eigenvalue weighted by Crippen LogP contribution is -2.29. The van der Waals surface area contributed by atoms with Crippen LogP contribution in [0.3, 0.4) is 0 Å². The highest BCUT2D eigenvalue weighted by Gasteiger charge is 2.17. The van der Waals surface area contributed by atoms with Crippen LogP contribution in [0.2, 0.25) is 0 Å². The van der Waals surface area contributed by atoms with E-state index in [0.717, 1.165) is 70.6 Å². The highest BCUT2D eigenvalue weighted by molar-refractivity contribution is 5.71. The van der Waals surface area contributed by atoms with Gasteiger partial charge in [-0.15, -0.1) is 0 Å². The minimum Gasteiger partial charge on any atom is -0.462 e. The van der Waals surface area contributed by atoms with Crippen LogP contribution in [-0.2, 0) is 23.8 Å². The largest absolute Gasteiger partial charge is 0.462 e. The maximum atomic E-state index is 12.8. The number of unbranched alkanes of at least 4 members (excludes halogenated alkanes) is 25. The minimum atomic E-state index is -0.593. The molecule has 5 heteroatoms. The smallest absolute Gasteiger partial charge is 0.310 e. The Kier molecular flexibility index (Phi) is 51.9.